The van der Waals surface area contributed by atoms with Gasteiger partial charge in [0.1, 0.15) is 11.5 Å². The highest BCUT2D eigenvalue weighted by Crippen LogP contribution is 2.46. The van der Waals surface area contributed by atoms with E-state index in [1.54, 1.807) is 12.1 Å². The average molecular weight is 483 g/mol. The molecule has 0 spiro atoms. The summed E-state index contributed by atoms with van der Waals surface area (Å²) in [5.74, 6) is 0.286. The summed E-state index contributed by atoms with van der Waals surface area (Å²) in [7, 11) is -1.42. The van der Waals surface area contributed by atoms with Crippen molar-refractivity contribution in [1.82, 2.24) is 0 Å². The van der Waals surface area contributed by atoms with Crippen molar-refractivity contribution in [3.8, 4) is 23.0 Å². The third-order valence-corrected chi connectivity index (χ3v) is 6.28. The van der Waals surface area contributed by atoms with Gasteiger partial charge >= 0.3 is 15.7 Å². The van der Waals surface area contributed by atoms with Crippen molar-refractivity contribution in [2.45, 2.75) is 18.4 Å². The summed E-state index contributed by atoms with van der Waals surface area (Å²) in [6, 6.07) is 18.0. The third kappa shape index (κ3) is 4.69. The number of methoxy groups -OCH3 is 2. The van der Waals surface area contributed by atoms with E-state index in [1.165, 1.54) is 32.4 Å². The van der Waals surface area contributed by atoms with Crippen LogP contribution < -0.4 is 24.0 Å². The maximum absolute atomic E-state index is 12.9. The van der Waals surface area contributed by atoms with E-state index in [9.17, 15) is 13.2 Å². The highest BCUT2D eigenvalue weighted by atomic mass is 32.2. The number of hydrogen-bond acceptors (Lipinski definition) is 8. The van der Waals surface area contributed by atoms with Gasteiger partial charge in [-0.3, -0.25) is 0 Å². The molecule has 0 aliphatic carbocycles. The minimum atomic E-state index is -4.23. The zero-order valence-corrected chi connectivity index (χ0v) is 19.5. The van der Waals surface area contributed by atoms with E-state index in [-0.39, 0.29) is 45.5 Å². The van der Waals surface area contributed by atoms with Crippen LogP contribution in [0.25, 0.3) is 11.0 Å². The molecule has 9 heteroatoms. The molecule has 0 aliphatic heterocycles. The molecule has 1 heterocycles. The van der Waals surface area contributed by atoms with Gasteiger partial charge in [-0.15, -0.1) is 0 Å². The fourth-order valence-corrected chi connectivity index (χ4v) is 4.28. The second-order valence-electron chi connectivity index (χ2n) is 7.37. The summed E-state index contributed by atoms with van der Waals surface area (Å²) in [6.07, 6.45) is 0. The minimum Gasteiger partial charge on any atom is -0.493 e. The Bertz CT molecular complexity index is 1470. The van der Waals surface area contributed by atoms with Crippen LogP contribution in [-0.2, 0) is 16.7 Å². The molecule has 0 N–H and O–H groups in total. The zero-order chi connectivity index (χ0) is 24.3. The number of hydrogen-bond donors (Lipinski definition) is 0. The molecule has 4 aromatic rings. The second-order valence-corrected chi connectivity index (χ2v) is 8.92. The molecule has 1 aromatic heterocycles. The highest BCUT2D eigenvalue weighted by Gasteiger charge is 2.25. The van der Waals surface area contributed by atoms with Gasteiger partial charge in [-0.05, 0) is 30.7 Å². The molecule has 0 amide bonds. The first-order valence-corrected chi connectivity index (χ1v) is 11.6. The van der Waals surface area contributed by atoms with Crippen LogP contribution >= 0.6 is 0 Å². The Morgan fingerprint density at radius 2 is 1.56 bits per heavy atom. The molecule has 0 atom stereocenters. The van der Waals surface area contributed by atoms with Crippen LogP contribution in [0.15, 0.2) is 80.8 Å². The molecule has 34 heavy (non-hydrogen) atoms. The van der Waals surface area contributed by atoms with Crippen molar-refractivity contribution in [2.75, 3.05) is 14.2 Å². The van der Waals surface area contributed by atoms with E-state index >= 15 is 0 Å². The first kappa shape index (κ1) is 23.2. The van der Waals surface area contributed by atoms with Crippen LogP contribution in [0.1, 0.15) is 11.1 Å². The molecule has 8 nitrogen and oxygen atoms in total. The monoisotopic (exact) mass is 482 g/mol. The lowest BCUT2D eigenvalue weighted by Crippen LogP contribution is -2.12. The summed E-state index contributed by atoms with van der Waals surface area (Å²) in [5, 5.41) is 0.163. The topological polar surface area (TPSA) is 101 Å². The largest absolute Gasteiger partial charge is 0.493 e. The molecule has 0 fully saturated rings. The normalized spacial score (nSPS) is 11.3. The maximum Gasteiger partial charge on any atom is 0.340 e. The SMILES string of the molecule is COc1cc2c(OS(=O)(=O)c3ccc(C)cc3)cc(=O)oc2c(OC)c1OCc1ccccc1. The van der Waals surface area contributed by atoms with Crippen molar-refractivity contribution in [3.63, 3.8) is 0 Å². The zero-order valence-electron chi connectivity index (χ0n) is 18.7. The van der Waals surface area contributed by atoms with E-state index in [2.05, 4.69) is 0 Å². The Kier molecular flexibility index (Phi) is 6.47. The van der Waals surface area contributed by atoms with Crippen molar-refractivity contribution < 1.29 is 31.2 Å². The van der Waals surface area contributed by atoms with E-state index in [4.69, 9.17) is 22.8 Å². The lowest BCUT2D eigenvalue weighted by molar-refractivity contribution is 0.265. The van der Waals surface area contributed by atoms with Crippen LogP contribution in [-0.4, -0.2) is 22.6 Å². The van der Waals surface area contributed by atoms with Crippen LogP contribution in [0.4, 0.5) is 0 Å². The van der Waals surface area contributed by atoms with Crippen molar-refractivity contribution in [3.05, 3.63) is 88.3 Å². The first-order chi connectivity index (χ1) is 16.3. The van der Waals surface area contributed by atoms with Crippen LogP contribution in [0.3, 0.4) is 0 Å². The quantitative estimate of drug-likeness (QED) is 0.268. The first-order valence-electron chi connectivity index (χ1n) is 10.2. The lowest BCUT2D eigenvalue weighted by atomic mass is 10.1. The van der Waals surface area contributed by atoms with E-state index in [1.807, 2.05) is 37.3 Å². The fourth-order valence-electron chi connectivity index (χ4n) is 3.34. The molecule has 0 aliphatic rings. The Morgan fingerprint density at radius 1 is 0.853 bits per heavy atom. The Hall–Kier alpha value is -3.98. The lowest BCUT2D eigenvalue weighted by Gasteiger charge is -2.17. The molecular formula is C25H22O8S. The number of ether oxygens (including phenoxy) is 3. The standard InChI is InChI=1S/C25H22O8S/c1-16-9-11-18(12-10-16)34(27,28)33-20-14-22(26)32-23-19(20)13-21(29-2)24(25(23)30-3)31-15-17-7-5-4-6-8-17/h4-14H,15H2,1-3H3. The summed E-state index contributed by atoms with van der Waals surface area (Å²) >= 11 is 0. The highest BCUT2D eigenvalue weighted by molar-refractivity contribution is 7.87. The summed E-state index contributed by atoms with van der Waals surface area (Å²) in [6.45, 7) is 2.03. The summed E-state index contributed by atoms with van der Waals surface area (Å²) in [4.78, 5) is 12.3. The molecule has 0 saturated heterocycles. The van der Waals surface area contributed by atoms with Gasteiger partial charge in [0.25, 0.3) is 0 Å². The predicted octanol–water partition coefficient (Wildman–Crippen LogP) is 4.47. The molecule has 0 saturated carbocycles. The van der Waals surface area contributed by atoms with Crippen LogP contribution in [0, 0.1) is 6.92 Å². The number of rotatable bonds is 8. The molecule has 176 valence electrons. The Morgan fingerprint density at radius 3 is 2.21 bits per heavy atom. The van der Waals surface area contributed by atoms with Gasteiger partial charge in [0.2, 0.25) is 11.5 Å². The predicted molar refractivity (Wildman–Crippen MR) is 125 cm³/mol. The van der Waals surface area contributed by atoms with Gasteiger partial charge in [0.15, 0.2) is 17.1 Å². The van der Waals surface area contributed by atoms with Crippen molar-refractivity contribution in [2.24, 2.45) is 0 Å². The summed E-state index contributed by atoms with van der Waals surface area (Å²) in [5.41, 5.74) is 0.934. The van der Waals surface area contributed by atoms with E-state index in [0.29, 0.717) is 0 Å². The smallest absolute Gasteiger partial charge is 0.340 e. The Labute approximate surface area is 196 Å². The molecule has 0 bridgehead atoms. The van der Waals surface area contributed by atoms with Crippen molar-refractivity contribution >= 4 is 21.1 Å². The number of fused-ring (bicyclic) bond motifs is 1. The Balaban J connectivity index is 1.82. The summed E-state index contributed by atoms with van der Waals surface area (Å²) < 4.78 is 53.3. The number of benzene rings is 3. The number of aryl methyl sites for hydroxylation is 1. The molecule has 0 unspecified atom stereocenters. The minimum absolute atomic E-state index is 0.0343. The van der Waals surface area contributed by atoms with Gasteiger partial charge in [-0.1, -0.05) is 48.0 Å². The van der Waals surface area contributed by atoms with E-state index < -0.39 is 15.7 Å². The van der Waals surface area contributed by atoms with Gasteiger partial charge in [-0.25, -0.2) is 4.79 Å². The molecule has 3 aromatic carbocycles. The van der Waals surface area contributed by atoms with Gasteiger partial charge in [0, 0.05) is 0 Å². The average Bonchev–Trinajstić information content (AvgIpc) is 2.82. The fraction of sp³-hybridized carbons (Fsp3) is 0.160. The second kappa shape index (κ2) is 9.48. The molecule has 0 radical (unpaired) electrons. The van der Waals surface area contributed by atoms with Crippen molar-refractivity contribution in [1.29, 1.82) is 0 Å². The third-order valence-electron chi connectivity index (χ3n) is 5.03. The molecule has 4 rings (SSSR count). The van der Waals surface area contributed by atoms with E-state index in [0.717, 1.165) is 17.2 Å². The van der Waals surface area contributed by atoms with Gasteiger partial charge in [-0.2, -0.15) is 8.42 Å². The van der Waals surface area contributed by atoms with Crippen LogP contribution in [0.2, 0.25) is 0 Å². The van der Waals surface area contributed by atoms with Gasteiger partial charge in [0.05, 0.1) is 25.7 Å². The molecular weight excluding hydrogens is 460 g/mol. The van der Waals surface area contributed by atoms with Crippen LogP contribution in [0.5, 0.6) is 23.0 Å². The maximum atomic E-state index is 12.9. The van der Waals surface area contributed by atoms with Gasteiger partial charge < -0.3 is 22.8 Å².